The summed E-state index contributed by atoms with van der Waals surface area (Å²) in [7, 11) is 0. The van der Waals surface area contributed by atoms with Crippen molar-refractivity contribution in [3.8, 4) is 0 Å². The second-order valence-electron chi connectivity index (χ2n) is 5.65. The number of benzene rings is 2. The zero-order chi connectivity index (χ0) is 17.6. The van der Waals surface area contributed by atoms with E-state index in [2.05, 4.69) is 10.6 Å². The third-order valence-electron chi connectivity index (χ3n) is 3.74. The summed E-state index contributed by atoms with van der Waals surface area (Å²) in [5, 5.41) is 7.55. The van der Waals surface area contributed by atoms with Crippen molar-refractivity contribution in [2.24, 2.45) is 0 Å². The van der Waals surface area contributed by atoms with E-state index < -0.39 is 0 Å². The largest absolute Gasteiger partial charge is 0.348 e. The van der Waals surface area contributed by atoms with Crippen LogP contribution in [0.25, 0.3) is 0 Å². The van der Waals surface area contributed by atoms with Crippen molar-refractivity contribution in [1.82, 2.24) is 5.32 Å². The lowest BCUT2D eigenvalue weighted by Crippen LogP contribution is -2.24. The summed E-state index contributed by atoms with van der Waals surface area (Å²) in [5.41, 5.74) is 3.15. The number of carbonyl (C=O) groups is 2. The highest BCUT2D eigenvalue weighted by Crippen LogP contribution is 2.18. The maximum Gasteiger partial charge on any atom is 0.265 e. The Labute approximate surface area is 150 Å². The van der Waals surface area contributed by atoms with E-state index in [1.54, 1.807) is 30.3 Å². The van der Waals surface area contributed by atoms with Gasteiger partial charge in [0.15, 0.2) is 0 Å². The van der Waals surface area contributed by atoms with Crippen molar-refractivity contribution in [2.45, 2.75) is 13.5 Å². The molecule has 0 unspecified atom stereocenters. The number of nitrogens with one attached hydrogen (secondary N) is 2. The number of amides is 2. The number of para-hydroxylation sites is 1. The Hall–Kier alpha value is -2.92. The molecule has 2 N–H and O–H groups in total. The first-order valence-electron chi connectivity index (χ1n) is 7.91. The number of aryl methyl sites for hydroxylation is 1. The summed E-state index contributed by atoms with van der Waals surface area (Å²) in [6, 6.07) is 18.6. The van der Waals surface area contributed by atoms with Crippen LogP contribution in [0.5, 0.6) is 0 Å². The minimum atomic E-state index is -0.220. The Balaban J connectivity index is 1.70. The van der Waals surface area contributed by atoms with Crippen molar-refractivity contribution >= 4 is 28.8 Å². The van der Waals surface area contributed by atoms with Gasteiger partial charge in [0.25, 0.3) is 11.8 Å². The van der Waals surface area contributed by atoms with Gasteiger partial charge >= 0.3 is 0 Å². The van der Waals surface area contributed by atoms with Gasteiger partial charge in [-0.25, -0.2) is 0 Å². The summed E-state index contributed by atoms with van der Waals surface area (Å²) < 4.78 is 0. The molecule has 2 aromatic carbocycles. The van der Waals surface area contributed by atoms with Crippen molar-refractivity contribution < 1.29 is 9.59 Å². The predicted molar refractivity (Wildman–Crippen MR) is 101 cm³/mol. The topological polar surface area (TPSA) is 58.2 Å². The van der Waals surface area contributed by atoms with Crippen molar-refractivity contribution in [2.75, 3.05) is 5.32 Å². The van der Waals surface area contributed by atoms with Gasteiger partial charge in [-0.1, -0.05) is 48.0 Å². The molecule has 1 heterocycles. The Kier molecular flexibility index (Phi) is 5.26. The molecule has 3 rings (SSSR count). The number of anilines is 1. The van der Waals surface area contributed by atoms with Crippen LogP contribution in [0.2, 0.25) is 0 Å². The van der Waals surface area contributed by atoms with Gasteiger partial charge < -0.3 is 10.6 Å². The van der Waals surface area contributed by atoms with E-state index in [-0.39, 0.29) is 11.8 Å². The first-order valence-corrected chi connectivity index (χ1v) is 8.79. The summed E-state index contributed by atoms with van der Waals surface area (Å²) in [5.74, 6) is -0.434. The fourth-order valence-electron chi connectivity index (χ4n) is 2.37. The third kappa shape index (κ3) is 4.33. The summed E-state index contributed by atoms with van der Waals surface area (Å²) in [4.78, 5) is 25.3. The van der Waals surface area contributed by atoms with Crippen LogP contribution in [0, 0.1) is 6.92 Å². The van der Waals surface area contributed by atoms with Crippen LogP contribution in [0.1, 0.15) is 31.2 Å². The first-order chi connectivity index (χ1) is 12.1. The van der Waals surface area contributed by atoms with E-state index in [1.165, 1.54) is 16.9 Å². The highest BCUT2D eigenvalue weighted by Gasteiger charge is 2.14. The number of carbonyl (C=O) groups excluding carboxylic acids is 2. The first kappa shape index (κ1) is 16.9. The van der Waals surface area contributed by atoms with Crippen LogP contribution in [-0.4, -0.2) is 11.8 Å². The molecule has 1 aromatic heterocycles. The molecule has 0 spiro atoms. The van der Waals surface area contributed by atoms with E-state index in [9.17, 15) is 9.59 Å². The SMILES string of the molecule is Cc1ccc(CNC(=O)c2ccccc2NC(=O)c2cccs2)cc1. The van der Waals surface area contributed by atoms with Crippen LogP contribution in [0.4, 0.5) is 5.69 Å². The zero-order valence-corrected chi connectivity index (χ0v) is 14.6. The van der Waals surface area contributed by atoms with Gasteiger partial charge in [-0.2, -0.15) is 0 Å². The smallest absolute Gasteiger partial charge is 0.265 e. The number of rotatable bonds is 5. The Bertz CT molecular complexity index is 871. The van der Waals surface area contributed by atoms with Crippen LogP contribution >= 0.6 is 11.3 Å². The van der Waals surface area contributed by atoms with E-state index in [1.807, 2.05) is 42.6 Å². The van der Waals surface area contributed by atoms with E-state index in [0.29, 0.717) is 22.7 Å². The monoisotopic (exact) mass is 350 g/mol. The van der Waals surface area contributed by atoms with Gasteiger partial charge in [0.05, 0.1) is 16.1 Å². The molecule has 0 aliphatic rings. The van der Waals surface area contributed by atoms with Crippen LogP contribution in [-0.2, 0) is 6.54 Å². The quantitative estimate of drug-likeness (QED) is 0.723. The standard InChI is InChI=1S/C20H18N2O2S/c1-14-8-10-15(11-9-14)13-21-19(23)16-5-2-3-6-17(16)22-20(24)18-7-4-12-25-18/h2-12H,13H2,1H3,(H,21,23)(H,22,24). The maximum absolute atomic E-state index is 12.5. The number of thiophene rings is 1. The molecular weight excluding hydrogens is 332 g/mol. The fraction of sp³-hybridized carbons (Fsp3) is 0.100. The number of hydrogen-bond donors (Lipinski definition) is 2. The lowest BCUT2D eigenvalue weighted by Gasteiger charge is -2.11. The molecule has 0 bridgehead atoms. The Morgan fingerprint density at radius 2 is 1.68 bits per heavy atom. The minimum absolute atomic E-state index is 0.214. The summed E-state index contributed by atoms with van der Waals surface area (Å²) in [6.45, 7) is 2.46. The van der Waals surface area contributed by atoms with Gasteiger partial charge in [-0.05, 0) is 36.1 Å². The molecule has 0 radical (unpaired) electrons. The Morgan fingerprint density at radius 3 is 2.40 bits per heavy atom. The molecule has 0 fully saturated rings. The van der Waals surface area contributed by atoms with Crippen molar-refractivity contribution in [3.63, 3.8) is 0 Å². The van der Waals surface area contributed by atoms with Gasteiger partial charge in [0, 0.05) is 6.54 Å². The van der Waals surface area contributed by atoms with Crippen LogP contribution < -0.4 is 10.6 Å². The van der Waals surface area contributed by atoms with Gasteiger partial charge in [0.1, 0.15) is 0 Å². The number of hydrogen-bond acceptors (Lipinski definition) is 3. The maximum atomic E-state index is 12.5. The van der Waals surface area contributed by atoms with Crippen LogP contribution in [0.3, 0.4) is 0 Å². The molecule has 4 nitrogen and oxygen atoms in total. The minimum Gasteiger partial charge on any atom is -0.348 e. The van der Waals surface area contributed by atoms with E-state index in [0.717, 1.165) is 5.56 Å². The molecule has 5 heteroatoms. The van der Waals surface area contributed by atoms with E-state index >= 15 is 0 Å². The third-order valence-corrected chi connectivity index (χ3v) is 4.61. The molecule has 126 valence electrons. The normalized spacial score (nSPS) is 10.3. The molecule has 0 saturated carbocycles. The molecule has 3 aromatic rings. The predicted octanol–water partition coefficient (Wildman–Crippen LogP) is 4.24. The van der Waals surface area contributed by atoms with Gasteiger partial charge in [-0.3, -0.25) is 9.59 Å². The molecule has 0 aliphatic heterocycles. The molecule has 0 atom stereocenters. The summed E-state index contributed by atoms with van der Waals surface area (Å²) >= 11 is 1.36. The highest BCUT2D eigenvalue weighted by molar-refractivity contribution is 7.12. The molecule has 2 amide bonds. The fourth-order valence-corrected chi connectivity index (χ4v) is 2.98. The lowest BCUT2D eigenvalue weighted by molar-refractivity contribution is 0.0952. The highest BCUT2D eigenvalue weighted by atomic mass is 32.1. The average molecular weight is 350 g/mol. The van der Waals surface area contributed by atoms with Gasteiger partial charge in [0.2, 0.25) is 0 Å². The van der Waals surface area contributed by atoms with Gasteiger partial charge in [-0.15, -0.1) is 11.3 Å². The van der Waals surface area contributed by atoms with Crippen LogP contribution in [0.15, 0.2) is 66.0 Å². The molecular formula is C20H18N2O2S. The average Bonchev–Trinajstić information content (AvgIpc) is 3.16. The van der Waals surface area contributed by atoms with E-state index in [4.69, 9.17) is 0 Å². The summed E-state index contributed by atoms with van der Waals surface area (Å²) in [6.07, 6.45) is 0. The van der Waals surface area contributed by atoms with Crippen molar-refractivity contribution in [1.29, 1.82) is 0 Å². The molecule has 0 saturated heterocycles. The zero-order valence-electron chi connectivity index (χ0n) is 13.8. The molecule has 0 aliphatic carbocycles. The second kappa shape index (κ2) is 7.77. The second-order valence-corrected chi connectivity index (χ2v) is 6.59. The Morgan fingerprint density at radius 1 is 0.920 bits per heavy atom. The lowest BCUT2D eigenvalue weighted by atomic mass is 10.1. The van der Waals surface area contributed by atoms with Crippen molar-refractivity contribution in [3.05, 3.63) is 87.6 Å². The molecule has 25 heavy (non-hydrogen) atoms.